The molecule has 0 aromatic heterocycles. The van der Waals surface area contributed by atoms with E-state index in [-0.39, 0.29) is 18.1 Å². The molecule has 92 valence electrons. The van der Waals surface area contributed by atoms with Gasteiger partial charge in [0.2, 0.25) is 0 Å². The summed E-state index contributed by atoms with van der Waals surface area (Å²) >= 11 is 0. The average molecular weight is 237 g/mol. The Balaban J connectivity index is 2.89. The number of carbonyl (C=O) groups is 2. The Kier molecular flexibility index (Phi) is 4.51. The molecule has 5 heteroatoms. The minimum absolute atomic E-state index is 0.100. The van der Waals surface area contributed by atoms with Crippen molar-refractivity contribution in [3.05, 3.63) is 23.8 Å². The van der Waals surface area contributed by atoms with E-state index in [4.69, 9.17) is 10.5 Å². The van der Waals surface area contributed by atoms with Gasteiger partial charge < -0.3 is 15.2 Å². The van der Waals surface area contributed by atoms with Crippen LogP contribution in [0.5, 0.6) is 5.75 Å². The molecule has 0 spiro atoms. The molecule has 0 aliphatic heterocycles. The Morgan fingerprint density at radius 1 is 1.29 bits per heavy atom. The molecule has 5 nitrogen and oxygen atoms in total. The quantitative estimate of drug-likeness (QED) is 0.376. The van der Waals surface area contributed by atoms with Gasteiger partial charge in [-0.15, -0.1) is 0 Å². The minimum atomic E-state index is -0.799. The first-order chi connectivity index (χ1) is 8.08. The molecule has 0 aliphatic carbocycles. The zero-order chi connectivity index (χ0) is 12.8. The number of rotatable bonds is 4. The Morgan fingerprint density at radius 3 is 2.59 bits per heavy atom. The van der Waals surface area contributed by atoms with E-state index in [0.29, 0.717) is 17.7 Å². The van der Waals surface area contributed by atoms with Crippen LogP contribution in [0.3, 0.4) is 0 Å². The van der Waals surface area contributed by atoms with Gasteiger partial charge in [-0.3, -0.25) is 4.79 Å². The van der Waals surface area contributed by atoms with Crippen molar-refractivity contribution in [2.75, 3.05) is 12.3 Å². The average Bonchev–Trinajstić information content (AvgIpc) is 2.31. The molecular weight excluding hydrogens is 222 g/mol. The van der Waals surface area contributed by atoms with Gasteiger partial charge in [0.25, 0.3) is 0 Å². The zero-order valence-electron chi connectivity index (χ0n) is 9.86. The molecule has 0 saturated carbocycles. The van der Waals surface area contributed by atoms with Crippen LogP contribution in [-0.2, 0) is 4.74 Å². The Hall–Kier alpha value is -2.04. The van der Waals surface area contributed by atoms with Crippen molar-refractivity contribution in [2.45, 2.75) is 20.3 Å². The molecule has 1 aromatic carbocycles. The van der Waals surface area contributed by atoms with Crippen LogP contribution < -0.4 is 10.5 Å². The maximum atomic E-state index is 11.5. The highest BCUT2D eigenvalue weighted by Gasteiger charge is 2.11. The highest BCUT2D eigenvalue weighted by molar-refractivity contribution is 6.01. The van der Waals surface area contributed by atoms with Crippen molar-refractivity contribution in [2.24, 2.45) is 0 Å². The summed E-state index contributed by atoms with van der Waals surface area (Å²) in [6.45, 7) is 3.64. The second-order valence-corrected chi connectivity index (χ2v) is 3.31. The van der Waals surface area contributed by atoms with Crippen LogP contribution in [0.1, 0.15) is 30.6 Å². The number of carbonyl (C=O) groups excluding carboxylic acids is 2. The molecule has 1 aromatic rings. The second-order valence-electron chi connectivity index (χ2n) is 3.31. The standard InChI is InChI=1S/C12H15NO4/c1-3-11(14)9-7-8(5-6-10(9)13)17-12(15)16-4-2/h5-7H,3-4,13H2,1-2H3. The van der Waals surface area contributed by atoms with Gasteiger partial charge in [-0.1, -0.05) is 6.92 Å². The predicted molar refractivity (Wildman–Crippen MR) is 63.1 cm³/mol. The van der Waals surface area contributed by atoms with Crippen molar-refractivity contribution in [3.8, 4) is 5.75 Å². The van der Waals surface area contributed by atoms with Crippen LogP contribution in [0.25, 0.3) is 0 Å². The van der Waals surface area contributed by atoms with E-state index in [0.717, 1.165) is 0 Å². The van der Waals surface area contributed by atoms with Gasteiger partial charge in [-0.05, 0) is 25.1 Å². The number of Topliss-reactive ketones (excluding diaryl/α,β-unsaturated/α-hetero) is 1. The van der Waals surface area contributed by atoms with Gasteiger partial charge in [-0.2, -0.15) is 0 Å². The summed E-state index contributed by atoms with van der Waals surface area (Å²) in [6, 6.07) is 4.48. The summed E-state index contributed by atoms with van der Waals surface area (Å²) in [6.07, 6.45) is -0.459. The number of ether oxygens (including phenoxy) is 2. The van der Waals surface area contributed by atoms with Crippen LogP contribution in [0.15, 0.2) is 18.2 Å². The molecule has 0 amide bonds. The molecule has 0 unspecified atom stereocenters. The third-order valence-corrected chi connectivity index (χ3v) is 2.11. The Morgan fingerprint density at radius 2 is 2.00 bits per heavy atom. The lowest BCUT2D eigenvalue weighted by Gasteiger charge is -2.07. The lowest BCUT2D eigenvalue weighted by Crippen LogP contribution is -2.11. The number of hydrogen-bond acceptors (Lipinski definition) is 5. The third kappa shape index (κ3) is 3.48. The van der Waals surface area contributed by atoms with E-state index >= 15 is 0 Å². The van der Waals surface area contributed by atoms with E-state index in [9.17, 15) is 9.59 Å². The van der Waals surface area contributed by atoms with Gasteiger partial charge in [-0.25, -0.2) is 4.79 Å². The third-order valence-electron chi connectivity index (χ3n) is 2.11. The molecule has 0 bridgehead atoms. The Labute approximate surface area is 99.5 Å². The van der Waals surface area contributed by atoms with Crippen LogP contribution in [0, 0.1) is 0 Å². The van der Waals surface area contributed by atoms with Gasteiger partial charge in [0.05, 0.1) is 6.61 Å². The summed E-state index contributed by atoms with van der Waals surface area (Å²) in [5.41, 5.74) is 6.39. The van der Waals surface area contributed by atoms with Crippen LogP contribution in [0.2, 0.25) is 0 Å². The lowest BCUT2D eigenvalue weighted by molar-refractivity contribution is 0.0980. The molecule has 0 atom stereocenters. The SMILES string of the molecule is CCOC(=O)Oc1ccc(N)c(C(=O)CC)c1. The summed E-state index contributed by atoms with van der Waals surface area (Å²) in [5, 5.41) is 0. The molecule has 17 heavy (non-hydrogen) atoms. The zero-order valence-corrected chi connectivity index (χ0v) is 9.86. The molecule has 0 saturated heterocycles. The van der Waals surface area contributed by atoms with Gasteiger partial charge >= 0.3 is 6.16 Å². The predicted octanol–water partition coefficient (Wildman–Crippen LogP) is 2.40. The normalized spacial score (nSPS) is 9.76. The van der Waals surface area contributed by atoms with Gasteiger partial charge in [0, 0.05) is 17.7 Å². The highest BCUT2D eigenvalue weighted by atomic mass is 16.7. The molecule has 0 radical (unpaired) electrons. The maximum absolute atomic E-state index is 11.5. The summed E-state index contributed by atoms with van der Waals surface area (Å²) < 4.78 is 9.50. The molecule has 2 N–H and O–H groups in total. The first-order valence-electron chi connectivity index (χ1n) is 5.35. The summed E-state index contributed by atoms with van der Waals surface area (Å²) in [4.78, 5) is 22.6. The van der Waals surface area contributed by atoms with E-state index in [1.54, 1.807) is 13.8 Å². The van der Waals surface area contributed by atoms with Crippen molar-refractivity contribution >= 4 is 17.6 Å². The smallest absolute Gasteiger partial charge is 0.434 e. The van der Waals surface area contributed by atoms with E-state index < -0.39 is 6.16 Å². The first kappa shape index (κ1) is 13.0. The topological polar surface area (TPSA) is 78.6 Å². The molecule has 0 heterocycles. The fourth-order valence-electron chi connectivity index (χ4n) is 1.27. The highest BCUT2D eigenvalue weighted by Crippen LogP contribution is 2.21. The number of anilines is 1. The number of nitrogen functional groups attached to an aromatic ring is 1. The molecule has 0 aliphatic rings. The van der Waals surface area contributed by atoms with Crippen LogP contribution >= 0.6 is 0 Å². The fraction of sp³-hybridized carbons (Fsp3) is 0.333. The van der Waals surface area contributed by atoms with Crippen molar-refractivity contribution in [3.63, 3.8) is 0 Å². The van der Waals surface area contributed by atoms with Crippen LogP contribution in [0.4, 0.5) is 10.5 Å². The van der Waals surface area contributed by atoms with Gasteiger partial charge in [0.1, 0.15) is 5.75 Å². The molecular formula is C12H15NO4. The number of hydrogen-bond donors (Lipinski definition) is 1. The Bertz CT molecular complexity index is 429. The fourth-order valence-corrected chi connectivity index (χ4v) is 1.27. The second kappa shape index (κ2) is 5.89. The number of benzene rings is 1. The van der Waals surface area contributed by atoms with Gasteiger partial charge in [0.15, 0.2) is 5.78 Å². The number of nitrogens with two attached hydrogens (primary N) is 1. The monoisotopic (exact) mass is 237 g/mol. The summed E-state index contributed by atoms with van der Waals surface area (Å²) in [7, 11) is 0. The van der Waals surface area contributed by atoms with Crippen molar-refractivity contribution in [1.29, 1.82) is 0 Å². The van der Waals surface area contributed by atoms with E-state index in [2.05, 4.69) is 4.74 Å². The molecule has 0 fully saturated rings. The first-order valence-corrected chi connectivity index (χ1v) is 5.35. The number of ketones is 1. The van der Waals surface area contributed by atoms with Crippen LogP contribution in [-0.4, -0.2) is 18.5 Å². The minimum Gasteiger partial charge on any atom is -0.434 e. The van der Waals surface area contributed by atoms with Crippen molar-refractivity contribution in [1.82, 2.24) is 0 Å². The maximum Gasteiger partial charge on any atom is 0.513 e. The van der Waals surface area contributed by atoms with E-state index in [1.165, 1.54) is 18.2 Å². The molecule has 1 rings (SSSR count). The lowest BCUT2D eigenvalue weighted by atomic mass is 10.1. The largest absolute Gasteiger partial charge is 0.513 e. The van der Waals surface area contributed by atoms with Crippen molar-refractivity contribution < 1.29 is 19.1 Å². The summed E-state index contributed by atoms with van der Waals surface area (Å²) in [5.74, 6) is 0.145. The van der Waals surface area contributed by atoms with E-state index in [1.807, 2.05) is 0 Å².